The maximum atomic E-state index is 5.80. The molecular weight excluding hydrogens is 250 g/mol. The van der Waals surface area contributed by atoms with Crippen molar-refractivity contribution in [2.24, 2.45) is 0 Å². The number of hydrogen-bond donors (Lipinski definition) is 1. The van der Waals surface area contributed by atoms with Crippen molar-refractivity contribution in [3.05, 3.63) is 29.3 Å². The van der Waals surface area contributed by atoms with Gasteiger partial charge in [0.05, 0.1) is 6.10 Å². The molecular formula is C17H25NO2. The number of nitrogens with one attached hydrogen (secondary N) is 1. The van der Waals surface area contributed by atoms with Crippen LogP contribution in [0.2, 0.25) is 0 Å². The molecule has 1 N–H and O–H groups in total. The van der Waals surface area contributed by atoms with Crippen LogP contribution in [0.15, 0.2) is 18.2 Å². The standard InChI is InChI=1S/C17H25NO2/c1-3-18-16(11-15-5-4-8-19-15)13-6-7-17-14(10-13)9-12(2)20-17/h6-7,10,12,15-16,18H,3-5,8-9,11H2,1-2H3. The Morgan fingerprint density at radius 1 is 1.40 bits per heavy atom. The molecule has 20 heavy (non-hydrogen) atoms. The number of fused-ring (bicyclic) bond motifs is 1. The first-order valence-electron chi connectivity index (χ1n) is 7.90. The summed E-state index contributed by atoms with van der Waals surface area (Å²) >= 11 is 0. The topological polar surface area (TPSA) is 30.5 Å². The van der Waals surface area contributed by atoms with E-state index in [9.17, 15) is 0 Å². The summed E-state index contributed by atoms with van der Waals surface area (Å²) in [5, 5.41) is 3.61. The first-order valence-corrected chi connectivity index (χ1v) is 7.90. The fourth-order valence-corrected chi connectivity index (χ4v) is 3.34. The summed E-state index contributed by atoms with van der Waals surface area (Å²) in [6, 6.07) is 7.05. The van der Waals surface area contributed by atoms with Crippen molar-refractivity contribution in [2.45, 2.75) is 57.8 Å². The zero-order valence-electron chi connectivity index (χ0n) is 12.5. The van der Waals surface area contributed by atoms with E-state index in [0.29, 0.717) is 18.2 Å². The molecule has 0 amide bonds. The van der Waals surface area contributed by atoms with Gasteiger partial charge in [-0.15, -0.1) is 0 Å². The maximum absolute atomic E-state index is 5.80. The van der Waals surface area contributed by atoms with Crippen molar-refractivity contribution in [1.82, 2.24) is 5.32 Å². The molecule has 1 fully saturated rings. The third kappa shape index (κ3) is 2.99. The third-order valence-corrected chi connectivity index (χ3v) is 4.30. The molecule has 0 radical (unpaired) electrons. The Morgan fingerprint density at radius 2 is 2.30 bits per heavy atom. The molecule has 1 aromatic rings. The highest BCUT2D eigenvalue weighted by atomic mass is 16.5. The van der Waals surface area contributed by atoms with Crippen LogP contribution in [-0.2, 0) is 11.2 Å². The summed E-state index contributed by atoms with van der Waals surface area (Å²) in [5.74, 6) is 1.06. The minimum absolute atomic E-state index is 0.316. The van der Waals surface area contributed by atoms with Gasteiger partial charge in [-0.05, 0) is 49.9 Å². The van der Waals surface area contributed by atoms with E-state index in [-0.39, 0.29) is 0 Å². The smallest absolute Gasteiger partial charge is 0.123 e. The van der Waals surface area contributed by atoms with E-state index < -0.39 is 0 Å². The lowest BCUT2D eigenvalue weighted by molar-refractivity contribution is 0.0947. The highest BCUT2D eigenvalue weighted by Gasteiger charge is 2.24. The van der Waals surface area contributed by atoms with Crippen LogP contribution in [0.1, 0.15) is 50.3 Å². The van der Waals surface area contributed by atoms with Crippen molar-refractivity contribution >= 4 is 0 Å². The quantitative estimate of drug-likeness (QED) is 0.895. The van der Waals surface area contributed by atoms with Gasteiger partial charge in [0.25, 0.3) is 0 Å². The molecule has 2 aliphatic rings. The number of benzene rings is 1. The Morgan fingerprint density at radius 3 is 3.05 bits per heavy atom. The molecule has 3 nitrogen and oxygen atoms in total. The molecule has 0 saturated carbocycles. The van der Waals surface area contributed by atoms with Crippen LogP contribution in [0.25, 0.3) is 0 Å². The van der Waals surface area contributed by atoms with Crippen molar-refractivity contribution in [3.63, 3.8) is 0 Å². The zero-order valence-corrected chi connectivity index (χ0v) is 12.5. The van der Waals surface area contributed by atoms with E-state index in [0.717, 1.165) is 31.7 Å². The second-order valence-electron chi connectivity index (χ2n) is 5.98. The van der Waals surface area contributed by atoms with Crippen LogP contribution in [0.5, 0.6) is 5.75 Å². The van der Waals surface area contributed by atoms with Crippen molar-refractivity contribution in [1.29, 1.82) is 0 Å². The Balaban J connectivity index is 1.75. The fourth-order valence-electron chi connectivity index (χ4n) is 3.34. The van der Waals surface area contributed by atoms with Gasteiger partial charge < -0.3 is 14.8 Å². The van der Waals surface area contributed by atoms with Gasteiger partial charge in [0, 0.05) is 19.1 Å². The lowest BCUT2D eigenvalue weighted by atomic mass is 9.96. The maximum Gasteiger partial charge on any atom is 0.123 e. The van der Waals surface area contributed by atoms with Crippen molar-refractivity contribution < 1.29 is 9.47 Å². The van der Waals surface area contributed by atoms with Crippen LogP contribution >= 0.6 is 0 Å². The average Bonchev–Trinajstić information content (AvgIpc) is 3.05. The first kappa shape index (κ1) is 13.9. The van der Waals surface area contributed by atoms with Crippen LogP contribution in [0.4, 0.5) is 0 Å². The Bertz CT molecular complexity index is 454. The molecule has 3 rings (SSSR count). The second-order valence-corrected chi connectivity index (χ2v) is 5.98. The van der Waals surface area contributed by atoms with Crippen molar-refractivity contribution in [3.8, 4) is 5.75 Å². The van der Waals surface area contributed by atoms with Crippen molar-refractivity contribution in [2.75, 3.05) is 13.2 Å². The van der Waals surface area contributed by atoms with Gasteiger partial charge in [0.1, 0.15) is 11.9 Å². The highest BCUT2D eigenvalue weighted by Crippen LogP contribution is 2.33. The molecule has 2 aliphatic heterocycles. The number of ether oxygens (including phenoxy) is 2. The van der Waals surface area contributed by atoms with Crippen LogP contribution in [-0.4, -0.2) is 25.4 Å². The van der Waals surface area contributed by atoms with Crippen LogP contribution in [0, 0.1) is 0 Å². The van der Waals surface area contributed by atoms with Gasteiger partial charge in [-0.2, -0.15) is 0 Å². The summed E-state index contributed by atoms with van der Waals surface area (Å²) < 4.78 is 11.6. The van der Waals surface area contributed by atoms with Crippen LogP contribution in [0.3, 0.4) is 0 Å². The highest BCUT2D eigenvalue weighted by molar-refractivity contribution is 5.41. The molecule has 3 unspecified atom stereocenters. The van der Waals surface area contributed by atoms with Gasteiger partial charge >= 0.3 is 0 Å². The Kier molecular flexibility index (Phi) is 4.27. The Hall–Kier alpha value is -1.06. The Labute approximate surface area is 121 Å². The van der Waals surface area contributed by atoms with E-state index in [1.807, 2.05) is 0 Å². The minimum atomic E-state index is 0.316. The average molecular weight is 275 g/mol. The molecule has 1 aromatic carbocycles. The molecule has 1 saturated heterocycles. The van der Waals surface area contributed by atoms with Gasteiger partial charge in [0.2, 0.25) is 0 Å². The van der Waals surface area contributed by atoms with E-state index in [1.54, 1.807) is 0 Å². The van der Waals surface area contributed by atoms with E-state index >= 15 is 0 Å². The lowest BCUT2D eigenvalue weighted by Crippen LogP contribution is -2.25. The normalized spacial score (nSPS) is 26.3. The number of hydrogen-bond acceptors (Lipinski definition) is 3. The molecule has 3 atom stereocenters. The first-order chi connectivity index (χ1) is 9.76. The second kappa shape index (κ2) is 6.15. The summed E-state index contributed by atoms with van der Waals surface area (Å²) in [7, 11) is 0. The van der Waals surface area contributed by atoms with E-state index in [1.165, 1.54) is 24.0 Å². The SMILES string of the molecule is CCNC(CC1CCCO1)c1ccc2c(c1)CC(C)O2. The van der Waals surface area contributed by atoms with Gasteiger partial charge in [0.15, 0.2) is 0 Å². The number of rotatable bonds is 5. The van der Waals surface area contributed by atoms with Crippen LogP contribution < -0.4 is 10.1 Å². The summed E-state index contributed by atoms with van der Waals surface area (Å²) in [4.78, 5) is 0. The zero-order chi connectivity index (χ0) is 13.9. The molecule has 0 aromatic heterocycles. The molecule has 0 bridgehead atoms. The predicted octanol–water partition coefficient (Wildman–Crippen LogP) is 3.23. The summed E-state index contributed by atoms with van der Waals surface area (Å²) in [5.41, 5.74) is 2.73. The van der Waals surface area contributed by atoms with E-state index in [2.05, 4.69) is 37.4 Å². The van der Waals surface area contributed by atoms with Gasteiger partial charge in [-0.3, -0.25) is 0 Å². The predicted molar refractivity (Wildman–Crippen MR) is 80.2 cm³/mol. The largest absolute Gasteiger partial charge is 0.490 e. The molecule has 110 valence electrons. The van der Waals surface area contributed by atoms with Gasteiger partial charge in [-0.1, -0.05) is 19.1 Å². The summed E-state index contributed by atoms with van der Waals surface area (Å²) in [6.07, 6.45) is 5.25. The minimum Gasteiger partial charge on any atom is -0.490 e. The fraction of sp³-hybridized carbons (Fsp3) is 0.647. The molecule has 3 heteroatoms. The lowest BCUT2D eigenvalue weighted by Gasteiger charge is -2.22. The summed E-state index contributed by atoms with van der Waals surface area (Å²) in [6.45, 7) is 6.22. The molecule has 0 aliphatic carbocycles. The molecule has 0 spiro atoms. The third-order valence-electron chi connectivity index (χ3n) is 4.30. The monoisotopic (exact) mass is 275 g/mol. The van der Waals surface area contributed by atoms with Gasteiger partial charge in [-0.25, -0.2) is 0 Å². The molecule has 2 heterocycles. The van der Waals surface area contributed by atoms with E-state index in [4.69, 9.17) is 9.47 Å².